The van der Waals surface area contributed by atoms with Crippen molar-refractivity contribution in [3.8, 4) is 0 Å². The normalized spacial score (nSPS) is 14.3. The van der Waals surface area contributed by atoms with Crippen molar-refractivity contribution in [1.82, 2.24) is 0 Å². The largest absolute Gasteiger partial charge is 0.440 e. The zero-order chi connectivity index (χ0) is 10.5. The monoisotopic (exact) mass is 178 g/mol. The van der Waals surface area contributed by atoms with Gasteiger partial charge in [0.15, 0.2) is 0 Å². The summed E-state index contributed by atoms with van der Waals surface area (Å²) in [5.41, 5.74) is -0.467. The molecule has 13 heavy (non-hydrogen) atoms. The van der Waals surface area contributed by atoms with Gasteiger partial charge >= 0.3 is 0 Å². The van der Waals surface area contributed by atoms with E-state index < -0.39 is 0 Å². The lowest BCUT2D eigenvalue weighted by Gasteiger charge is -2.22. The molecule has 0 aromatic rings. The zero-order valence-electron chi connectivity index (χ0n) is 9.20. The van der Waals surface area contributed by atoms with Crippen LogP contribution in [0.4, 0.5) is 0 Å². The molecule has 0 aromatic heterocycles. The molecule has 0 N–H and O–H groups in total. The van der Waals surface area contributed by atoms with Gasteiger partial charge in [-0.05, 0) is 34.6 Å². The van der Waals surface area contributed by atoms with E-state index >= 15 is 0 Å². The predicted molar refractivity (Wildman–Crippen MR) is 58.1 cm³/mol. The summed E-state index contributed by atoms with van der Waals surface area (Å²) in [6.07, 6.45) is 0.161. The second-order valence-corrected chi connectivity index (χ2v) is 4.26. The van der Waals surface area contributed by atoms with Crippen LogP contribution >= 0.6 is 0 Å². The number of rotatable bonds is 5. The van der Waals surface area contributed by atoms with Gasteiger partial charge in [-0.1, -0.05) is 5.62 Å². The second kappa shape index (κ2) is 5.76. The van der Waals surface area contributed by atoms with Gasteiger partial charge in [-0.3, -0.25) is 0 Å². The maximum absolute atomic E-state index is 5.67. The number of hydrogen-bond donors (Lipinski definition) is 0. The third kappa shape index (κ3) is 10.0. The van der Waals surface area contributed by atoms with Gasteiger partial charge in [-0.25, -0.2) is 0 Å². The zero-order valence-corrected chi connectivity index (χ0v) is 9.20. The molecule has 5 heteroatoms. The molecule has 0 bridgehead atoms. The first-order valence-electron chi connectivity index (χ1n) is 4.57. The third-order valence-corrected chi connectivity index (χ3v) is 1.09. The molecule has 0 heterocycles. The van der Waals surface area contributed by atoms with Crippen molar-refractivity contribution in [1.29, 1.82) is 0 Å². The molecule has 0 rings (SSSR count). The molecule has 1 atom stereocenters. The van der Waals surface area contributed by atoms with E-state index in [0.717, 1.165) is 0 Å². The molecular weight excluding hydrogens is 161 g/mol. The quantitative estimate of drug-likeness (QED) is 0.590. The Kier molecular flexibility index (Phi) is 5.81. The van der Waals surface area contributed by atoms with E-state index in [4.69, 9.17) is 17.2 Å². The van der Waals surface area contributed by atoms with Crippen molar-refractivity contribution in [3.05, 3.63) is 0 Å². The Morgan fingerprint density at radius 1 is 1.15 bits per heavy atom. The summed E-state index contributed by atoms with van der Waals surface area (Å²) in [7, 11) is 8.83. The lowest BCUT2D eigenvalue weighted by molar-refractivity contribution is 0.138. The van der Waals surface area contributed by atoms with Crippen molar-refractivity contribution in [3.63, 3.8) is 0 Å². The van der Waals surface area contributed by atoms with Crippen LogP contribution in [0, 0.1) is 0 Å². The molecule has 1 unspecified atom stereocenters. The first kappa shape index (κ1) is 13.1. The van der Waals surface area contributed by atoms with E-state index in [2.05, 4.69) is 0 Å². The summed E-state index contributed by atoms with van der Waals surface area (Å²) in [4.78, 5) is 0. The van der Waals surface area contributed by atoms with Gasteiger partial charge in [0.1, 0.15) is 0 Å². The Labute approximate surface area is 84.7 Å². The maximum atomic E-state index is 5.67. The SMILES string of the molecule is [B]C([B]OC(C)C)[B]OC(C)(C)C. The predicted octanol–water partition coefficient (Wildman–Crippen LogP) is 1.34. The molecule has 4 radical (unpaired) electrons. The van der Waals surface area contributed by atoms with Gasteiger partial charge in [0.05, 0.1) is 7.85 Å². The fraction of sp³-hybridized carbons (Fsp3) is 1.00. The van der Waals surface area contributed by atoms with Crippen molar-refractivity contribution in [2.75, 3.05) is 0 Å². The van der Waals surface area contributed by atoms with Gasteiger partial charge in [-0.2, -0.15) is 0 Å². The number of hydrogen-bond acceptors (Lipinski definition) is 2. The van der Waals surface area contributed by atoms with Gasteiger partial charge in [-0.15, -0.1) is 0 Å². The van der Waals surface area contributed by atoms with Crippen LogP contribution < -0.4 is 0 Å². The molecule has 0 aromatic carbocycles. The van der Waals surface area contributed by atoms with E-state index in [-0.39, 0.29) is 17.3 Å². The molecule has 0 saturated heterocycles. The summed E-state index contributed by atoms with van der Waals surface area (Å²) in [6, 6.07) is 0. The Hall–Kier alpha value is 0.115. The van der Waals surface area contributed by atoms with E-state index in [1.165, 1.54) is 0 Å². The van der Waals surface area contributed by atoms with Crippen LogP contribution in [0.5, 0.6) is 0 Å². The minimum atomic E-state index is -0.276. The van der Waals surface area contributed by atoms with Crippen molar-refractivity contribution in [2.45, 2.75) is 51.9 Å². The van der Waals surface area contributed by atoms with Crippen LogP contribution in [0.1, 0.15) is 34.6 Å². The fourth-order valence-electron chi connectivity index (χ4n) is 0.563. The molecule has 0 fully saturated rings. The molecule has 0 aliphatic heterocycles. The van der Waals surface area contributed by atoms with E-state index in [1.807, 2.05) is 34.6 Å². The minimum Gasteiger partial charge on any atom is -0.440 e. The molecular formula is C8H17B3O2. The van der Waals surface area contributed by atoms with Crippen LogP contribution in [0.2, 0.25) is 5.62 Å². The van der Waals surface area contributed by atoms with Crippen LogP contribution in [0.15, 0.2) is 0 Å². The summed E-state index contributed by atoms with van der Waals surface area (Å²) in [5.74, 6) is 0. The van der Waals surface area contributed by atoms with Gasteiger partial charge in [0.2, 0.25) is 0 Å². The molecule has 0 saturated carbocycles. The first-order chi connectivity index (χ1) is 5.81. The lowest BCUT2D eigenvalue weighted by Crippen LogP contribution is -2.27. The third-order valence-electron chi connectivity index (χ3n) is 1.09. The Morgan fingerprint density at radius 2 is 1.69 bits per heavy atom. The summed E-state index contributed by atoms with van der Waals surface area (Å²) in [5, 5.41) is 0. The van der Waals surface area contributed by atoms with Crippen molar-refractivity contribution in [2.24, 2.45) is 0 Å². The van der Waals surface area contributed by atoms with Crippen LogP contribution in [0.3, 0.4) is 0 Å². The highest BCUT2D eigenvalue weighted by molar-refractivity contribution is 6.65. The summed E-state index contributed by atoms with van der Waals surface area (Å²) >= 11 is 0. The van der Waals surface area contributed by atoms with Crippen molar-refractivity contribution < 1.29 is 9.31 Å². The summed E-state index contributed by atoms with van der Waals surface area (Å²) in [6.45, 7) is 9.82. The smallest absolute Gasteiger partial charge is 0.281 e. The molecule has 0 aliphatic carbocycles. The van der Waals surface area contributed by atoms with Gasteiger partial charge < -0.3 is 9.31 Å². The molecule has 0 aliphatic rings. The Balaban J connectivity index is 3.46. The molecule has 2 nitrogen and oxygen atoms in total. The van der Waals surface area contributed by atoms with Crippen LogP contribution in [0.25, 0.3) is 0 Å². The second-order valence-electron chi connectivity index (χ2n) is 4.26. The van der Waals surface area contributed by atoms with Gasteiger partial charge in [0, 0.05) is 11.7 Å². The van der Waals surface area contributed by atoms with Crippen LogP contribution in [-0.2, 0) is 9.31 Å². The van der Waals surface area contributed by atoms with Crippen LogP contribution in [-0.4, -0.2) is 34.5 Å². The highest BCUT2D eigenvalue weighted by Crippen LogP contribution is 2.08. The molecule has 0 spiro atoms. The van der Waals surface area contributed by atoms with E-state index in [1.54, 1.807) is 15.0 Å². The standard InChI is InChI=1S/C8H17B3O2/c1-6(2)12-10-7(9)11-13-8(3,4)5/h6-7H,1-5H3. The van der Waals surface area contributed by atoms with E-state index in [9.17, 15) is 0 Å². The average molecular weight is 178 g/mol. The fourth-order valence-corrected chi connectivity index (χ4v) is 0.563. The Bertz CT molecular complexity index is 134. The average Bonchev–Trinajstić information content (AvgIpc) is 1.95. The van der Waals surface area contributed by atoms with Crippen molar-refractivity contribution >= 4 is 22.8 Å². The molecule has 70 valence electrons. The van der Waals surface area contributed by atoms with Gasteiger partial charge in [0.25, 0.3) is 15.0 Å². The highest BCUT2D eigenvalue weighted by Gasteiger charge is 2.15. The molecule has 0 amide bonds. The topological polar surface area (TPSA) is 18.5 Å². The van der Waals surface area contributed by atoms with E-state index in [0.29, 0.717) is 0 Å². The first-order valence-corrected chi connectivity index (χ1v) is 4.57. The summed E-state index contributed by atoms with van der Waals surface area (Å²) < 4.78 is 10.6. The minimum absolute atomic E-state index is 0.161. The lowest BCUT2D eigenvalue weighted by atomic mass is 9.50. The highest BCUT2D eigenvalue weighted by atomic mass is 16.5. The maximum Gasteiger partial charge on any atom is 0.281 e. The Morgan fingerprint density at radius 3 is 2.08 bits per heavy atom.